The van der Waals surface area contributed by atoms with Crippen molar-refractivity contribution in [1.82, 2.24) is 9.80 Å². The van der Waals surface area contributed by atoms with Gasteiger partial charge in [-0.05, 0) is 26.2 Å². The third-order valence-electron chi connectivity index (χ3n) is 4.05. The van der Waals surface area contributed by atoms with E-state index in [1.54, 1.807) is 4.90 Å². The Hall–Kier alpha value is -1.30. The van der Waals surface area contributed by atoms with Gasteiger partial charge in [-0.15, -0.1) is 0 Å². The molecule has 2 fully saturated rings. The van der Waals surface area contributed by atoms with Crippen LogP contribution in [-0.4, -0.2) is 65.3 Å². The average molecular weight is 284 g/mol. The first-order chi connectivity index (χ1) is 9.60. The topological polar surface area (TPSA) is 70.1 Å². The lowest BCUT2D eigenvalue weighted by molar-refractivity contribution is -0.142. The Kier molecular flexibility index (Phi) is 4.86. The summed E-state index contributed by atoms with van der Waals surface area (Å²) in [5.41, 5.74) is 0. The fraction of sp³-hybridized carbons (Fsp3) is 0.857. The molecule has 2 atom stereocenters. The SMILES string of the molecule is CCCN(C(=O)N(CC)C1COCC1C(=O)O)C1CC1. The lowest BCUT2D eigenvalue weighted by atomic mass is 10.0. The summed E-state index contributed by atoms with van der Waals surface area (Å²) in [5, 5.41) is 9.24. The fourth-order valence-electron chi connectivity index (χ4n) is 2.82. The fourth-order valence-corrected chi connectivity index (χ4v) is 2.82. The van der Waals surface area contributed by atoms with Gasteiger partial charge in [-0.1, -0.05) is 6.92 Å². The molecule has 1 aliphatic heterocycles. The maximum Gasteiger partial charge on any atom is 0.320 e. The molecule has 0 bridgehead atoms. The Bertz CT molecular complexity index is 370. The Labute approximate surface area is 119 Å². The molecule has 1 saturated heterocycles. The predicted octanol–water partition coefficient (Wildman–Crippen LogP) is 1.40. The normalized spacial score (nSPS) is 25.5. The van der Waals surface area contributed by atoms with Crippen LogP contribution in [0.2, 0.25) is 0 Å². The van der Waals surface area contributed by atoms with Crippen molar-refractivity contribution in [3.05, 3.63) is 0 Å². The molecule has 2 unspecified atom stereocenters. The molecule has 0 radical (unpaired) electrons. The minimum Gasteiger partial charge on any atom is -0.481 e. The number of hydrogen-bond donors (Lipinski definition) is 1. The van der Waals surface area contributed by atoms with Gasteiger partial charge >= 0.3 is 12.0 Å². The molecule has 1 N–H and O–H groups in total. The highest BCUT2D eigenvalue weighted by Crippen LogP contribution is 2.29. The summed E-state index contributed by atoms with van der Waals surface area (Å²) < 4.78 is 5.29. The highest BCUT2D eigenvalue weighted by Gasteiger charge is 2.42. The molecule has 1 aliphatic carbocycles. The van der Waals surface area contributed by atoms with Crippen LogP contribution < -0.4 is 0 Å². The number of likely N-dealkylation sites (N-methyl/N-ethyl adjacent to an activating group) is 1. The lowest BCUT2D eigenvalue weighted by Gasteiger charge is -2.34. The summed E-state index contributed by atoms with van der Waals surface area (Å²) in [5.74, 6) is -1.49. The van der Waals surface area contributed by atoms with Crippen LogP contribution in [0.25, 0.3) is 0 Å². The van der Waals surface area contributed by atoms with Crippen LogP contribution in [0.4, 0.5) is 4.79 Å². The van der Waals surface area contributed by atoms with E-state index in [0.29, 0.717) is 19.2 Å². The summed E-state index contributed by atoms with van der Waals surface area (Å²) >= 11 is 0. The van der Waals surface area contributed by atoms with E-state index in [1.807, 2.05) is 11.8 Å². The molecule has 2 amide bonds. The van der Waals surface area contributed by atoms with Crippen LogP contribution in [0.5, 0.6) is 0 Å². The van der Waals surface area contributed by atoms with Gasteiger partial charge in [0.1, 0.15) is 5.92 Å². The van der Waals surface area contributed by atoms with Gasteiger partial charge in [-0.2, -0.15) is 0 Å². The van der Waals surface area contributed by atoms with Crippen LogP contribution in [0.3, 0.4) is 0 Å². The zero-order chi connectivity index (χ0) is 14.7. The number of ether oxygens (including phenoxy) is 1. The van der Waals surface area contributed by atoms with Gasteiger partial charge in [0.25, 0.3) is 0 Å². The maximum atomic E-state index is 12.7. The van der Waals surface area contributed by atoms with E-state index < -0.39 is 11.9 Å². The summed E-state index contributed by atoms with van der Waals surface area (Å²) in [6, 6.07) is -0.0243. The van der Waals surface area contributed by atoms with E-state index in [1.165, 1.54) is 0 Å². The van der Waals surface area contributed by atoms with E-state index in [0.717, 1.165) is 25.8 Å². The third-order valence-corrected chi connectivity index (χ3v) is 4.05. The quantitative estimate of drug-likeness (QED) is 0.800. The van der Waals surface area contributed by atoms with E-state index >= 15 is 0 Å². The van der Waals surface area contributed by atoms with Crippen LogP contribution in [-0.2, 0) is 9.53 Å². The zero-order valence-electron chi connectivity index (χ0n) is 12.2. The Morgan fingerprint density at radius 2 is 1.90 bits per heavy atom. The van der Waals surface area contributed by atoms with Gasteiger partial charge in [-0.3, -0.25) is 4.79 Å². The molecule has 2 rings (SSSR count). The second-order valence-electron chi connectivity index (χ2n) is 5.54. The van der Waals surface area contributed by atoms with Crippen LogP contribution in [0.1, 0.15) is 33.1 Å². The molecule has 6 heteroatoms. The summed E-state index contributed by atoms with van der Waals surface area (Å²) in [7, 11) is 0. The predicted molar refractivity (Wildman–Crippen MR) is 73.5 cm³/mol. The number of carbonyl (C=O) groups is 2. The number of nitrogens with zero attached hydrogens (tertiary/aromatic N) is 2. The second-order valence-corrected chi connectivity index (χ2v) is 5.54. The summed E-state index contributed by atoms with van der Waals surface area (Å²) in [4.78, 5) is 27.6. The van der Waals surface area contributed by atoms with E-state index in [-0.39, 0.29) is 18.7 Å². The van der Waals surface area contributed by atoms with Crippen molar-refractivity contribution < 1.29 is 19.4 Å². The molecule has 1 saturated carbocycles. The van der Waals surface area contributed by atoms with Crippen molar-refractivity contribution in [1.29, 1.82) is 0 Å². The highest BCUT2D eigenvalue weighted by atomic mass is 16.5. The smallest absolute Gasteiger partial charge is 0.320 e. The Morgan fingerprint density at radius 1 is 1.20 bits per heavy atom. The van der Waals surface area contributed by atoms with Gasteiger partial charge in [-0.25, -0.2) is 4.79 Å². The van der Waals surface area contributed by atoms with Gasteiger partial charge < -0.3 is 19.6 Å². The molecule has 1 heterocycles. The van der Waals surface area contributed by atoms with Crippen LogP contribution in [0.15, 0.2) is 0 Å². The van der Waals surface area contributed by atoms with Crippen LogP contribution >= 0.6 is 0 Å². The van der Waals surface area contributed by atoms with Crippen molar-refractivity contribution in [2.24, 2.45) is 5.92 Å². The second kappa shape index (κ2) is 6.43. The molecule has 0 spiro atoms. The number of amides is 2. The van der Waals surface area contributed by atoms with E-state index in [2.05, 4.69) is 6.92 Å². The number of carboxylic acid groups (broad SMARTS) is 1. The van der Waals surface area contributed by atoms with Crippen LogP contribution in [0, 0.1) is 5.92 Å². The molecular formula is C14H24N2O4. The number of rotatable bonds is 6. The van der Waals surface area contributed by atoms with Crippen molar-refractivity contribution in [2.75, 3.05) is 26.3 Å². The summed E-state index contributed by atoms with van der Waals surface area (Å²) in [6.07, 6.45) is 3.04. The molecular weight excluding hydrogens is 260 g/mol. The lowest BCUT2D eigenvalue weighted by Crippen LogP contribution is -2.52. The third kappa shape index (κ3) is 3.06. The number of aliphatic carboxylic acids is 1. The minimum atomic E-state index is -0.882. The van der Waals surface area contributed by atoms with E-state index in [9.17, 15) is 14.7 Å². The van der Waals surface area contributed by atoms with Crippen molar-refractivity contribution in [2.45, 2.75) is 45.2 Å². The first kappa shape index (κ1) is 15.1. The molecule has 114 valence electrons. The van der Waals surface area contributed by atoms with E-state index in [4.69, 9.17) is 4.74 Å². The molecule has 0 aromatic heterocycles. The highest BCUT2D eigenvalue weighted by molar-refractivity contribution is 5.78. The molecule has 0 aromatic rings. The van der Waals surface area contributed by atoms with Crippen molar-refractivity contribution in [3.8, 4) is 0 Å². The molecule has 0 aromatic carbocycles. The first-order valence-corrected chi connectivity index (χ1v) is 7.47. The molecule has 2 aliphatic rings. The Morgan fingerprint density at radius 3 is 2.40 bits per heavy atom. The standard InChI is InChI=1S/C14H24N2O4/c1-3-7-16(10-5-6-10)14(19)15(4-2)12-9-20-8-11(12)13(17)18/h10-12H,3-9H2,1-2H3,(H,17,18). The van der Waals surface area contributed by atoms with Gasteiger partial charge in [0.05, 0.1) is 19.3 Å². The Balaban J connectivity index is 2.09. The number of carbonyl (C=O) groups excluding carboxylic acids is 1. The van der Waals surface area contributed by atoms with Gasteiger partial charge in [0.2, 0.25) is 0 Å². The summed E-state index contributed by atoms with van der Waals surface area (Å²) in [6.45, 7) is 5.72. The zero-order valence-corrected chi connectivity index (χ0v) is 12.2. The largest absolute Gasteiger partial charge is 0.481 e. The first-order valence-electron chi connectivity index (χ1n) is 7.47. The van der Waals surface area contributed by atoms with Crippen molar-refractivity contribution in [3.63, 3.8) is 0 Å². The van der Waals surface area contributed by atoms with Gasteiger partial charge in [0.15, 0.2) is 0 Å². The maximum absolute atomic E-state index is 12.7. The molecule has 6 nitrogen and oxygen atoms in total. The number of urea groups is 1. The minimum absolute atomic E-state index is 0.0291. The number of carboxylic acids is 1. The molecule has 20 heavy (non-hydrogen) atoms. The monoisotopic (exact) mass is 284 g/mol. The average Bonchev–Trinajstić information content (AvgIpc) is 3.14. The van der Waals surface area contributed by atoms with Crippen molar-refractivity contribution >= 4 is 12.0 Å². The number of hydrogen-bond acceptors (Lipinski definition) is 3. The van der Waals surface area contributed by atoms with Gasteiger partial charge in [0, 0.05) is 19.1 Å².